The van der Waals surface area contributed by atoms with E-state index in [0.29, 0.717) is 35.3 Å². The number of methoxy groups -OCH3 is 2. The van der Waals surface area contributed by atoms with Crippen LogP contribution in [-0.4, -0.2) is 43.9 Å². The summed E-state index contributed by atoms with van der Waals surface area (Å²) in [6.45, 7) is 1.15. The number of hydrogen-bond donors (Lipinski definition) is 3. The van der Waals surface area contributed by atoms with Crippen molar-refractivity contribution >= 4 is 23.3 Å². The molecule has 20 heavy (non-hydrogen) atoms. The third-order valence-electron chi connectivity index (χ3n) is 3.29. The molecular formula is C13H17ClN2O4. The number of carbonyl (C=O) groups is 1. The fourth-order valence-corrected chi connectivity index (χ4v) is 2.45. The molecular weight excluding hydrogens is 284 g/mol. The Balaban J connectivity index is 2.29. The van der Waals surface area contributed by atoms with Crippen LogP contribution in [0.2, 0.25) is 5.02 Å². The molecule has 0 unspecified atom stereocenters. The molecule has 0 atom stereocenters. The van der Waals surface area contributed by atoms with Crippen molar-refractivity contribution in [3.05, 3.63) is 17.2 Å². The lowest BCUT2D eigenvalue weighted by Crippen LogP contribution is -2.65. The van der Waals surface area contributed by atoms with Crippen LogP contribution in [0.3, 0.4) is 0 Å². The molecule has 3 N–H and O–H groups in total. The second kappa shape index (κ2) is 5.76. The predicted molar refractivity (Wildman–Crippen MR) is 76.0 cm³/mol. The van der Waals surface area contributed by atoms with Gasteiger partial charge in [-0.25, -0.2) is 0 Å². The number of rotatable bonds is 6. The van der Waals surface area contributed by atoms with E-state index in [4.69, 9.17) is 26.2 Å². The molecule has 7 heteroatoms. The van der Waals surface area contributed by atoms with Crippen LogP contribution in [0.15, 0.2) is 12.1 Å². The number of benzene rings is 1. The van der Waals surface area contributed by atoms with Crippen LogP contribution in [-0.2, 0) is 4.79 Å². The highest BCUT2D eigenvalue weighted by molar-refractivity contribution is 6.32. The molecule has 1 aromatic rings. The molecule has 0 amide bonds. The molecule has 1 fully saturated rings. The minimum atomic E-state index is -0.848. The second-order valence-corrected chi connectivity index (χ2v) is 5.17. The van der Waals surface area contributed by atoms with Gasteiger partial charge in [0.15, 0.2) is 0 Å². The van der Waals surface area contributed by atoms with E-state index in [9.17, 15) is 4.79 Å². The van der Waals surface area contributed by atoms with Crippen LogP contribution in [0.25, 0.3) is 0 Å². The van der Waals surface area contributed by atoms with Gasteiger partial charge in [0.05, 0.1) is 36.9 Å². The second-order valence-electron chi connectivity index (χ2n) is 4.77. The highest BCUT2D eigenvalue weighted by atomic mass is 35.5. The minimum absolute atomic E-state index is 0.0219. The van der Waals surface area contributed by atoms with Gasteiger partial charge in [0.2, 0.25) is 0 Å². The van der Waals surface area contributed by atoms with E-state index in [1.807, 2.05) is 0 Å². The van der Waals surface area contributed by atoms with E-state index in [2.05, 4.69) is 10.6 Å². The Morgan fingerprint density at radius 1 is 1.40 bits per heavy atom. The number of aliphatic carboxylic acids is 1. The van der Waals surface area contributed by atoms with Crippen molar-refractivity contribution in [1.29, 1.82) is 0 Å². The smallest absolute Gasteiger partial charge is 0.305 e. The zero-order valence-corrected chi connectivity index (χ0v) is 12.1. The van der Waals surface area contributed by atoms with Crippen molar-refractivity contribution in [3.63, 3.8) is 0 Å². The van der Waals surface area contributed by atoms with Gasteiger partial charge in [0, 0.05) is 25.2 Å². The van der Waals surface area contributed by atoms with Gasteiger partial charge in [-0.3, -0.25) is 4.79 Å². The maximum atomic E-state index is 11.0. The van der Waals surface area contributed by atoms with E-state index in [1.54, 1.807) is 12.1 Å². The summed E-state index contributed by atoms with van der Waals surface area (Å²) in [7, 11) is 3.06. The summed E-state index contributed by atoms with van der Waals surface area (Å²) in [4.78, 5) is 11.0. The largest absolute Gasteiger partial charge is 0.495 e. The first kappa shape index (κ1) is 14.7. The van der Waals surface area contributed by atoms with Gasteiger partial charge in [-0.05, 0) is 0 Å². The number of halogens is 1. The van der Waals surface area contributed by atoms with Crippen LogP contribution in [0.5, 0.6) is 11.5 Å². The summed E-state index contributed by atoms with van der Waals surface area (Å²) in [6.07, 6.45) is 0.0219. The molecule has 0 saturated carbocycles. The standard InChI is InChI=1S/C13H17ClN2O4/c1-19-10-4-9(11(20-2)3-8(10)14)16-13(5-12(17)18)6-15-7-13/h3-4,15-16H,5-7H2,1-2H3,(H,17,18). The molecule has 1 aliphatic heterocycles. The first-order chi connectivity index (χ1) is 9.49. The number of carboxylic acids is 1. The molecule has 0 aliphatic carbocycles. The molecule has 110 valence electrons. The average molecular weight is 301 g/mol. The topological polar surface area (TPSA) is 79.8 Å². The highest BCUT2D eigenvalue weighted by Crippen LogP contribution is 2.38. The molecule has 1 aromatic carbocycles. The fourth-order valence-electron chi connectivity index (χ4n) is 2.22. The highest BCUT2D eigenvalue weighted by Gasteiger charge is 2.39. The SMILES string of the molecule is COc1cc(NC2(CC(=O)O)CNC2)c(OC)cc1Cl. The third kappa shape index (κ3) is 2.91. The Morgan fingerprint density at radius 2 is 2.05 bits per heavy atom. The average Bonchev–Trinajstić information content (AvgIpc) is 2.36. The van der Waals surface area contributed by atoms with Crippen LogP contribution < -0.4 is 20.1 Å². The normalized spacial score (nSPS) is 16.1. The molecule has 1 saturated heterocycles. The summed E-state index contributed by atoms with van der Waals surface area (Å²) in [5.41, 5.74) is 0.148. The van der Waals surface area contributed by atoms with E-state index in [1.165, 1.54) is 14.2 Å². The molecule has 6 nitrogen and oxygen atoms in total. The van der Waals surface area contributed by atoms with Gasteiger partial charge in [-0.1, -0.05) is 11.6 Å². The molecule has 0 spiro atoms. The Bertz CT molecular complexity index is 517. The van der Waals surface area contributed by atoms with Crippen molar-refractivity contribution in [2.24, 2.45) is 0 Å². The first-order valence-electron chi connectivity index (χ1n) is 6.12. The number of nitrogens with one attached hydrogen (secondary N) is 2. The van der Waals surface area contributed by atoms with Crippen LogP contribution >= 0.6 is 11.6 Å². The monoisotopic (exact) mass is 300 g/mol. The number of carboxylic acid groups (broad SMARTS) is 1. The number of ether oxygens (including phenoxy) is 2. The first-order valence-corrected chi connectivity index (χ1v) is 6.50. The Morgan fingerprint density at radius 3 is 2.50 bits per heavy atom. The van der Waals surface area contributed by atoms with Gasteiger partial charge in [-0.2, -0.15) is 0 Å². The summed E-state index contributed by atoms with van der Waals surface area (Å²) < 4.78 is 10.4. The quantitative estimate of drug-likeness (QED) is 0.740. The minimum Gasteiger partial charge on any atom is -0.495 e. The third-order valence-corrected chi connectivity index (χ3v) is 3.59. The van der Waals surface area contributed by atoms with Crippen LogP contribution in [0.1, 0.15) is 6.42 Å². The summed E-state index contributed by atoms with van der Waals surface area (Å²) >= 11 is 6.04. The summed E-state index contributed by atoms with van der Waals surface area (Å²) in [5, 5.41) is 15.8. The predicted octanol–water partition coefficient (Wildman–Crippen LogP) is 1.59. The Kier molecular flexibility index (Phi) is 4.25. The van der Waals surface area contributed by atoms with Crippen molar-refractivity contribution < 1.29 is 19.4 Å². The van der Waals surface area contributed by atoms with E-state index >= 15 is 0 Å². The van der Waals surface area contributed by atoms with Gasteiger partial charge < -0.3 is 25.2 Å². The molecule has 0 aromatic heterocycles. The maximum Gasteiger partial charge on any atom is 0.305 e. The van der Waals surface area contributed by atoms with Crippen molar-refractivity contribution in [2.75, 3.05) is 32.6 Å². The molecule has 1 aliphatic rings. The molecule has 2 rings (SSSR count). The van der Waals surface area contributed by atoms with Crippen LogP contribution in [0, 0.1) is 0 Å². The lowest BCUT2D eigenvalue weighted by Gasteiger charge is -2.43. The summed E-state index contributed by atoms with van der Waals surface area (Å²) in [5.74, 6) is 0.207. The number of anilines is 1. The lowest BCUT2D eigenvalue weighted by atomic mass is 9.88. The van der Waals surface area contributed by atoms with Gasteiger partial charge >= 0.3 is 5.97 Å². The molecule has 1 heterocycles. The summed E-state index contributed by atoms with van der Waals surface area (Å²) in [6, 6.07) is 3.35. The fraction of sp³-hybridized carbons (Fsp3) is 0.462. The van der Waals surface area contributed by atoms with E-state index in [-0.39, 0.29) is 6.42 Å². The zero-order chi connectivity index (χ0) is 14.8. The Labute approximate surface area is 122 Å². The maximum absolute atomic E-state index is 11.0. The van der Waals surface area contributed by atoms with Gasteiger partial charge in [0.1, 0.15) is 11.5 Å². The zero-order valence-electron chi connectivity index (χ0n) is 11.3. The van der Waals surface area contributed by atoms with Crippen molar-refractivity contribution in [2.45, 2.75) is 12.0 Å². The van der Waals surface area contributed by atoms with Crippen molar-refractivity contribution in [3.8, 4) is 11.5 Å². The van der Waals surface area contributed by atoms with Crippen LogP contribution in [0.4, 0.5) is 5.69 Å². The Hall–Kier alpha value is -1.66. The molecule has 0 radical (unpaired) electrons. The number of hydrogen-bond acceptors (Lipinski definition) is 5. The lowest BCUT2D eigenvalue weighted by molar-refractivity contribution is -0.138. The van der Waals surface area contributed by atoms with Gasteiger partial charge in [-0.15, -0.1) is 0 Å². The van der Waals surface area contributed by atoms with E-state index in [0.717, 1.165) is 0 Å². The van der Waals surface area contributed by atoms with Crippen molar-refractivity contribution in [1.82, 2.24) is 5.32 Å². The molecule has 0 bridgehead atoms. The van der Waals surface area contributed by atoms with E-state index < -0.39 is 11.5 Å². The van der Waals surface area contributed by atoms with Gasteiger partial charge in [0.25, 0.3) is 0 Å².